The molecular formula is C32H37N5O5. The fourth-order valence-corrected chi connectivity index (χ4v) is 5.32. The maximum Gasteiger partial charge on any atom is 0.255 e. The number of nitrogens with zero attached hydrogens (tertiary/aromatic N) is 3. The SMILES string of the molecule is COc1cccc(C(=O)Nc2cc(C(=O)N3CCCNCC3)ccc2N2CCN(C(=O)c3cccc(OC)c3)CC2)c1. The van der Waals surface area contributed by atoms with Crippen LogP contribution in [0.15, 0.2) is 66.7 Å². The third-order valence-corrected chi connectivity index (χ3v) is 7.68. The van der Waals surface area contributed by atoms with Gasteiger partial charge in [0.15, 0.2) is 0 Å². The molecule has 2 aliphatic heterocycles. The number of ether oxygens (including phenoxy) is 2. The number of amides is 3. The highest BCUT2D eigenvalue weighted by Gasteiger charge is 2.26. The summed E-state index contributed by atoms with van der Waals surface area (Å²) in [4.78, 5) is 45.8. The molecule has 10 nitrogen and oxygen atoms in total. The first-order valence-corrected chi connectivity index (χ1v) is 14.2. The Kier molecular flexibility index (Phi) is 9.23. The first-order chi connectivity index (χ1) is 20.5. The van der Waals surface area contributed by atoms with Gasteiger partial charge in [0.2, 0.25) is 0 Å². The van der Waals surface area contributed by atoms with Gasteiger partial charge in [0, 0.05) is 62.5 Å². The summed E-state index contributed by atoms with van der Waals surface area (Å²) in [5, 5.41) is 6.37. The second kappa shape index (κ2) is 13.4. The molecule has 0 radical (unpaired) electrons. The monoisotopic (exact) mass is 571 g/mol. The second-order valence-corrected chi connectivity index (χ2v) is 10.3. The summed E-state index contributed by atoms with van der Waals surface area (Å²) in [6.45, 7) is 5.13. The van der Waals surface area contributed by atoms with Gasteiger partial charge < -0.3 is 34.8 Å². The molecule has 3 aromatic carbocycles. The van der Waals surface area contributed by atoms with E-state index >= 15 is 0 Å². The molecule has 2 fully saturated rings. The van der Waals surface area contributed by atoms with E-state index in [0.717, 1.165) is 25.2 Å². The van der Waals surface area contributed by atoms with E-state index in [4.69, 9.17) is 9.47 Å². The first-order valence-electron chi connectivity index (χ1n) is 14.2. The molecule has 10 heteroatoms. The number of piperazine rings is 1. The van der Waals surface area contributed by atoms with E-state index in [2.05, 4.69) is 15.5 Å². The number of hydrogen-bond acceptors (Lipinski definition) is 7. The van der Waals surface area contributed by atoms with Crippen LogP contribution >= 0.6 is 0 Å². The molecule has 42 heavy (non-hydrogen) atoms. The maximum atomic E-state index is 13.4. The molecule has 0 atom stereocenters. The van der Waals surface area contributed by atoms with E-state index in [1.54, 1.807) is 56.7 Å². The largest absolute Gasteiger partial charge is 0.497 e. The van der Waals surface area contributed by atoms with Crippen molar-refractivity contribution in [2.45, 2.75) is 6.42 Å². The van der Waals surface area contributed by atoms with Gasteiger partial charge >= 0.3 is 0 Å². The minimum absolute atomic E-state index is 0.0482. The molecule has 0 bridgehead atoms. The van der Waals surface area contributed by atoms with Crippen LogP contribution in [0.2, 0.25) is 0 Å². The summed E-state index contributed by atoms with van der Waals surface area (Å²) >= 11 is 0. The molecule has 2 N–H and O–H groups in total. The van der Waals surface area contributed by atoms with Crippen molar-refractivity contribution in [3.8, 4) is 11.5 Å². The van der Waals surface area contributed by atoms with Gasteiger partial charge in [-0.05, 0) is 67.6 Å². The van der Waals surface area contributed by atoms with Crippen molar-refractivity contribution in [2.75, 3.05) is 76.8 Å². The van der Waals surface area contributed by atoms with Crippen LogP contribution in [0.5, 0.6) is 11.5 Å². The number of anilines is 2. The van der Waals surface area contributed by atoms with Crippen molar-refractivity contribution in [1.29, 1.82) is 0 Å². The highest BCUT2D eigenvalue weighted by atomic mass is 16.5. The topological polar surface area (TPSA) is 103 Å². The minimum atomic E-state index is -0.300. The molecule has 220 valence electrons. The third-order valence-electron chi connectivity index (χ3n) is 7.68. The molecule has 3 amide bonds. The van der Waals surface area contributed by atoms with Crippen LogP contribution < -0.4 is 25.0 Å². The van der Waals surface area contributed by atoms with Crippen molar-refractivity contribution in [2.24, 2.45) is 0 Å². The molecule has 0 aliphatic carbocycles. The average molecular weight is 572 g/mol. The summed E-state index contributed by atoms with van der Waals surface area (Å²) in [5.74, 6) is 0.815. The highest BCUT2D eigenvalue weighted by Crippen LogP contribution is 2.30. The van der Waals surface area contributed by atoms with Gasteiger partial charge in [-0.1, -0.05) is 12.1 Å². The second-order valence-electron chi connectivity index (χ2n) is 10.3. The van der Waals surface area contributed by atoms with Crippen molar-refractivity contribution in [3.05, 3.63) is 83.4 Å². The number of hydrogen-bond donors (Lipinski definition) is 2. The number of benzene rings is 3. The van der Waals surface area contributed by atoms with Crippen LogP contribution in [0.3, 0.4) is 0 Å². The van der Waals surface area contributed by atoms with Crippen LogP contribution in [-0.4, -0.2) is 94.1 Å². The van der Waals surface area contributed by atoms with Crippen molar-refractivity contribution in [1.82, 2.24) is 15.1 Å². The van der Waals surface area contributed by atoms with Gasteiger partial charge in [0.25, 0.3) is 17.7 Å². The van der Waals surface area contributed by atoms with Gasteiger partial charge in [-0.15, -0.1) is 0 Å². The Hall–Kier alpha value is -4.57. The molecule has 0 saturated carbocycles. The van der Waals surface area contributed by atoms with Gasteiger partial charge in [0.1, 0.15) is 11.5 Å². The number of carbonyl (C=O) groups is 3. The zero-order valence-electron chi connectivity index (χ0n) is 24.1. The van der Waals surface area contributed by atoms with Crippen molar-refractivity contribution < 1.29 is 23.9 Å². The minimum Gasteiger partial charge on any atom is -0.497 e. The lowest BCUT2D eigenvalue weighted by molar-refractivity contribution is 0.0743. The summed E-state index contributed by atoms with van der Waals surface area (Å²) in [7, 11) is 3.14. The van der Waals surface area contributed by atoms with Gasteiger partial charge in [-0.25, -0.2) is 0 Å². The van der Waals surface area contributed by atoms with Gasteiger partial charge in [0.05, 0.1) is 25.6 Å². The smallest absolute Gasteiger partial charge is 0.255 e. The van der Waals surface area contributed by atoms with Crippen LogP contribution in [0.1, 0.15) is 37.5 Å². The van der Waals surface area contributed by atoms with E-state index in [1.165, 1.54) is 0 Å². The highest BCUT2D eigenvalue weighted by molar-refractivity contribution is 6.07. The van der Waals surface area contributed by atoms with Gasteiger partial charge in [-0.2, -0.15) is 0 Å². The van der Waals surface area contributed by atoms with E-state index in [-0.39, 0.29) is 17.7 Å². The summed E-state index contributed by atoms with van der Waals surface area (Å²) in [6.07, 6.45) is 0.891. The predicted molar refractivity (Wildman–Crippen MR) is 162 cm³/mol. The number of nitrogens with one attached hydrogen (secondary N) is 2. The van der Waals surface area contributed by atoms with Gasteiger partial charge in [-0.3, -0.25) is 14.4 Å². The van der Waals surface area contributed by atoms with Crippen LogP contribution in [0.25, 0.3) is 0 Å². The fourth-order valence-electron chi connectivity index (χ4n) is 5.32. The van der Waals surface area contributed by atoms with Crippen molar-refractivity contribution in [3.63, 3.8) is 0 Å². The Morgan fingerprint density at radius 2 is 1.31 bits per heavy atom. The quantitative estimate of drug-likeness (QED) is 0.448. The Morgan fingerprint density at radius 3 is 2.00 bits per heavy atom. The van der Waals surface area contributed by atoms with E-state index in [9.17, 15) is 14.4 Å². The number of rotatable bonds is 7. The standard InChI is InChI=1S/C32H37N5O5/c1-41-26-8-3-6-23(20-26)30(38)34-28-22-25(32(40)36-14-5-12-33-13-15-36)10-11-29(28)35-16-18-37(19-17-35)31(39)24-7-4-9-27(21-24)42-2/h3-4,6-11,20-22,33H,5,12-19H2,1-2H3,(H,34,38). The van der Waals surface area contributed by atoms with E-state index in [1.807, 2.05) is 34.1 Å². The molecule has 5 rings (SSSR count). The fraction of sp³-hybridized carbons (Fsp3) is 0.344. The normalized spacial score (nSPS) is 15.5. The summed E-state index contributed by atoms with van der Waals surface area (Å²) < 4.78 is 10.6. The molecule has 3 aromatic rings. The van der Waals surface area contributed by atoms with Crippen LogP contribution in [0, 0.1) is 0 Å². The van der Waals surface area contributed by atoms with E-state index in [0.29, 0.717) is 73.1 Å². The summed E-state index contributed by atoms with van der Waals surface area (Å²) in [5.41, 5.74) is 2.90. The predicted octanol–water partition coefficient (Wildman–Crippen LogP) is 3.35. The third kappa shape index (κ3) is 6.66. The Morgan fingerprint density at radius 1 is 0.690 bits per heavy atom. The Balaban J connectivity index is 1.37. The van der Waals surface area contributed by atoms with Crippen LogP contribution in [0.4, 0.5) is 11.4 Å². The number of carbonyl (C=O) groups excluding carboxylic acids is 3. The lowest BCUT2D eigenvalue weighted by Crippen LogP contribution is -2.49. The van der Waals surface area contributed by atoms with E-state index < -0.39 is 0 Å². The Bertz CT molecular complexity index is 1430. The summed E-state index contributed by atoms with van der Waals surface area (Å²) in [6, 6.07) is 19.6. The molecule has 2 heterocycles. The molecule has 0 aromatic heterocycles. The lowest BCUT2D eigenvalue weighted by atomic mass is 10.1. The van der Waals surface area contributed by atoms with Crippen LogP contribution in [-0.2, 0) is 0 Å². The average Bonchev–Trinajstić information content (AvgIpc) is 3.34. The zero-order valence-corrected chi connectivity index (χ0v) is 24.1. The van der Waals surface area contributed by atoms with Crippen molar-refractivity contribution >= 4 is 29.1 Å². The molecule has 0 unspecified atom stereocenters. The maximum absolute atomic E-state index is 13.4. The zero-order chi connectivity index (χ0) is 29.5. The lowest BCUT2D eigenvalue weighted by Gasteiger charge is -2.37. The molecular weight excluding hydrogens is 534 g/mol. The molecule has 2 aliphatic rings. The number of methoxy groups -OCH3 is 2. The molecule has 2 saturated heterocycles. The first kappa shape index (κ1) is 28.9. The molecule has 0 spiro atoms. The Labute approximate surface area is 246 Å².